The van der Waals surface area contributed by atoms with Gasteiger partial charge < -0.3 is 4.90 Å². The van der Waals surface area contributed by atoms with Crippen molar-refractivity contribution in [3.63, 3.8) is 0 Å². The van der Waals surface area contributed by atoms with Crippen molar-refractivity contribution in [3.05, 3.63) is 34.3 Å². The van der Waals surface area contributed by atoms with Crippen molar-refractivity contribution in [2.75, 3.05) is 14.1 Å². The largest absolute Gasteiger partial charge is 0.349 e. The number of rotatable bonds is 2. The Labute approximate surface area is 98.4 Å². The Kier molecular flexibility index (Phi) is 2.83. The van der Waals surface area contributed by atoms with Crippen molar-refractivity contribution in [2.24, 2.45) is 5.92 Å². The van der Waals surface area contributed by atoms with Crippen LogP contribution in [0.1, 0.15) is 17.9 Å². The molecule has 1 saturated carbocycles. The molecule has 3 heteroatoms. The highest BCUT2D eigenvalue weighted by Crippen LogP contribution is 2.48. The highest BCUT2D eigenvalue weighted by Gasteiger charge is 2.44. The van der Waals surface area contributed by atoms with Crippen LogP contribution in [0.4, 0.5) is 0 Å². The first-order chi connectivity index (χ1) is 7.09. The standard InChI is InChI=1S/C12H14BrNO/c1-14(2)12(15)11-7-10(11)8-3-5-9(13)6-4-8/h3-6,10-11H,7H2,1-2H3/t10-,11+/m0/s1. The minimum Gasteiger partial charge on any atom is -0.349 e. The van der Waals surface area contributed by atoms with Crippen molar-refractivity contribution in [1.82, 2.24) is 4.90 Å². The van der Waals surface area contributed by atoms with Crippen LogP contribution in [-0.2, 0) is 4.79 Å². The molecular formula is C12H14BrNO. The molecule has 0 aromatic heterocycles. The summed E-state index contributed by atoms with van der Waals surface area (Å²) in [6.45, 7) is 0. The third-order valence-corrected chi connectivity index (χ3v) is 3.38. The number of benzene rings is 1. The maximum absolute atomic E-state index is 11.7. The van der Waals surface area contributed by atoms with Gasteiger partial charge in [0.2, 0.25) is 5.91 Å². The molecule has 1 aliphatic rings. The van der Waals surface area contributed by atoms with Crippen LogP contribution in [0.3, 0.4) is 0 Å². The number of hydrogen-bond acceptors (Lipinski definition) is 1. The maximum atomic E-state index is 11.7. The Bertz CT molecular complexity index is 372. The van der Waals surface area contributed by atoms with E-state index in [0.717, 1.165) is 10.9 Å². The van der Waals surface area contributed by atoms with Crippen LogP contribution in [0.25, 0.3) is 0 Å². The van der Waals surface area contributed by atoms with E-state index in [1.807, 2.05) is 26.2 Å². The molecule has 2 rings (SSSR count). The number of hydrogen-bond donors (Lipinski definition) is 0. The second-order valence-corrected chi connectivity index (χ2v) is 5.15. The Hall–Kier alpha value is -0.830. The molecular weight excluding hydrogens is 254 g/mol. The average Bonchev–Trinajstić information content (AvgIpc) is 2.97. The van der Waals surface area contributed by atoms with E-state index in [2.05, 4.69) is 28.1 Å². The number of halogens is 1. The zero-order chi connectivity index (χ0) is 11.0. The van der Waals surface area contributed by atoms with Crippen molar-refractivity contribution >= 4 is 21.8 Å². The molecule has 0 saturated heterocycles. The number of amides is 1. The van der Waals surface area contributed by atoms with Crippen molar-refractivity contribution in [1.29, 1.82) is 0 Å². The van der Waals surface area contributed by atoms with Crippen LogP contribution in [0, 0.1) is 5.92 Å². The molecule has 0 unspecified atom stereocenters. The number of nitrogens with zero attached hydrogens (tertiary/aromatic N) is 1. The summed E-state index contributed by atoms with van der Waals surface area (Å²) < 4.78 is 1.09. The van der Waals surface area contributed by atoms with Gasteiger partial charge in [-0.3, -0.25) is 4.79 Å². The zero-order valence-electron chi connectivity index (χ0n) is 8.90. The lowest BCUT2D eigenvalue weighted by atomic mass is 10.1. The molecule has 0 N–H and O–H groups in total. The molecule has 0 spiro atoms. The molecule has 2 atom stereocenters. The number of carbonyl (C=O) groups excluding carboxylic acids is 1. The summed E-state index contributed by atoms with van der Waals surface area (Å²) >= 11 is 3.41. The minimum atomic E-state index is 0.209. The van der Waals surface area contributed by atoms with Gasteiger partial charge in [0.25, 0.3) is 0 Å². The minimum absolute atomic E-state index is 0.209. The Morgan fingerprint density at radius 2 is 1.93 bits per heavy atom. The molecule has 0 bridgehead atoms. The summed E-state index contributed by atoms with van der Waals surface area (Å²) in [5, 5.41) is 0. The average molecular weight is 268 g/mol. The van der Waals surface area contributed by atoms with E-state index in [1.165, 1.54) is 5.56 Å². The van der Waals surface area contributed by atoms with Crippen molar-refractivity contribution in [3.8, 4) is 0 Å². The third kappa shape index (κ3) is 2.23. The molecule has 1 amide bonds. The summed E-state index contributed by atoms with van der Waals surface area (Å²) in [4.78, 5) is 13.4. The maximum Gasteiger partial charge on any atom is 0.225 e. The summed E-state index contributed by atoms with van der Waals surface area (Å²) in [5.74, 6) is 0.900. The van der Waals surface area contributed by atoms with Crippen LogP contribution in [0.2, 0.25) is 0 Å². The lowest BCUT2D eigenvalue weighted by Gasteiger charge is -2.09. The molecule has 80 valence electrons. The van der Waals surface area contributed by atoms with E-state index in [-0.39, 0.29) is 11.8 Å². The molecule has 15 heavy (non-hydrogen) atoms. The second kappa shape index (κ2) is 3.97. The first kappa shape index (κ1) is 10.7. The summed E-state index contributed by atoms with van der Waals surface area (Å²) in [6.07, 6.45) is 0.999. The van der Waals surface area contributed by atoms with Gasteiger partial charge in [0.15, 0.2) is 0 Å². The smallest absolute Gasteiger partial charge is 0.225 e. The first-order valence-electron chi connectivity index (χ1n) is 5.06. The van der Waals surface area contributed by atoms with Gasteiger partial charge in [-0.1, -0.05) is 28.1 Å². The van der Waals surface area contributed by atoms with Gasteiger partial charge in [-0.05, 0) is 30.0 Å². The van der Waals surface area contributed by atoms with E-state index >= 15 is 0 Å². The molecule has 0 heterocycles. The van der Waals surface area contributed by atoms with Gasteiger partial charge in [-0.25, -0.2) is 0 Å². The van der Waals surface area contributed by atoms with Crippen LogP contribution in [-0.4, -0.2) is 24.9 Å². The Morgan fingerprint density at radius 1 is 1.33 bits per heavy atom. The Balaban J connectivity index is 2.05. The van der Waals surface area contributed by atoms with E-state index in [4.69, 9.17) is 0 Å². The van der Waals surface area contributed by atoms with Gasteiger partial charge in [0.05, 0.1) is 0 Å². The van der Waals surface area contributed by atoms with E-state index < -0.39 is 0 Å². The molecule has 1 aliphatic carbocycles. The van der Waals surface area contributed by atoms with Crippen LogP contribution in [0.5, 0.6) is 0 Å². The second-order valence-electron chi connectivity index (χ2n) is 4.23. The summed E-state index contributed by atoms with van der Waals surface area (Å²) in [6, 6.07) is 8.26. The predicted molar refractivity (Wildman–Crippen MR) is 63.7 cm³/mol. The van der Waals surface area contributed by atoms with Gasteiger partial charge in [0, 0.05) is 24.5 Å². The quantitative estimate of drug-likeness (QED) is 0.807. The monoisotopic (exact) mass is 267 g/mol. The molecule has 1 fully saturated rings. The fourth-order valence-corrected chi connectivity index (χ4v) is 2.14. The van der Waals surface area contributed by atoms with Gasteiger partial charge in [-0.15, -0.1) is 0 Å². The highest BCUT2D eigenvalue weighted by molar-refractivity contribution is 9.10. The van der Waals surface area contributed by atoms with E-state index in [1.54, 1.807) is 4.90 Å². The molecule has 1 aromatic carbocycles. The topological polar surface area (TPSA) is 20.3 Å². The predicted octanol–water partition coefficient (Wildman–Crippen LogP) is 2.64. The van der Waals surface area contributed by atoms with Crippen molar-refractivity contribution < 1.29 is 4.79 Å². The van der Waals surface area contributed by atoms with Crippen LogP contribution >= 0.6 is 15.9 Å². The number of carbonyl (C=O) groups is 1. The first-order valence-corrected chi connectivity index (χ1v) is 5.85. The van der Waals surface area contributed by atoms with Crippen LogP contribution in [0.15, 0.2) is 28.7 Å². The van der Waals surface area contributed by atoms with E-state index in [0.29, 0.717) is 5.92 Å². The van der Waals surface area contributed by atoms with Crippen LogP contribution < -0.4 is 0 Å². The molecule has 0 radical (unpaired) electrons. The lowest BCUT2D eigenvalue weighted by molar-refractivity contribution is -0.130. The van der Waals surface area contributed by atoms with E-state index in [9.17, 15) is 4.79 Å². The Morgan fingerprint density at radius 3 is 2.47 bits per heavy atom. The van der Waals surface area contributed by atoms with Gasteiger partial charge in [0.1, 0.15) is 0 Å². The summed E-state index contributed by atoms with van der Waals surface area (Å²) in [5.41, 5.74) is 1.28. The lowest BCUT2D eigenvalue weighted by Crippen LogP contribution is -2.23. The third-order valence-electron chi connectivity index (χ3n) is 2.85. The molecule has 0 aliphatic heterocycles. The van der Waals surface area contributed by atoms with Gasteiger partial charge >= 0.3 is 0 Å². The SMILES string of the molecule is CN(C)C(=O)[C@@H]1C[C@H]1c1ccc(Br)cc1. The normalized spacial score (nSPS) is 23.7. The summed E-state index contributed by atoms with van der Waals surface area (Å²) in [7, 11) is 3.64. The highest BCUT2D eigenvalue weighted by atomic mass is 79.9. The van der Waals surface area contributed by atoms with Gasteiger partial charge in [-0.2, -0.15) is 0 Å². The fraction of sp³-hybridized carbons (Fsp3) is 0.417. The van der Waals surface area contributed by atoms with Crippen molar-refractivity contribution in [2.45, 2.75) is 12.3 Å². The fourth-order valence-electron chi connectivity index (χ4n) is 1.88. The zero-order valence-corrected chi connectivity index (χ0v) is 10.5. The molecule has 1 aromatic rings. The molecule has 2 nitrogen and oxygen atoms in total.